The zero-order chi connectivity index (χ0) is 17.0. The molecule has 0 spiro atoms. The minimum atomic E-state index is -0.234. The number of benzene rings is 1. The van der Waals surface area contributed by atoms with Gasteiger partial charge >= 0.3 is 0 Å². The van der Waals surface area contributed by atoms with E-state index in [1.165, 1.54) is 0 Å². The summed E-state index contributed by atoms with van der Waals surface area (Å²) in [6, 6.07) is 9.26. The fourth-order valence-corrected chi connectivity index (χ4v) is 3.74. The van der Waals surface area contributed by atoms with Crippen molar-refractivity contribution in [1.82, 2.24) is 9.66 Å². The highest BCUT2D eigenvalue weighted by Crippen LogP contribution is 2.25. The lowest BCUT2D eigenvalue weighted by Gasteiger charge is -2.26. The highest BCUT2D eigenvalue weighted by atomic mass is 16.1. The van der Waals surface area contributed by atoms with Crippen molar-refractivity contribution in [3.63, 3.8) is 0 Å². The SMILES string of the molecule is O=c1c2ccccc2[nH]c2cc(C3=CC=C3)n(N3CCCC3)c(=O)c12. The zero-order valence-corrected chi connectivity index (χ0v) is 13.7. The normalized spacial score (nSPS) is 16.5. The first-order valence-corrected chi connectivity index (χ1v) is 8.59. The van der Waals surface area contributed by atoms with E-state index < -0.39 is 0 Å². The molecule has 2 aromatic heterocycles. The Balaban J connectivity index is 1.92. The van der Waals surface area contributed by atoms with Gasteiger partial charge in [0.2, 0.25) is 5.43 Å². The molecule has 0 atom stereocenters. The van der Waals surface area contributed by atoms with E-state index in [9.17, 15) is 9.59 Å². The molecule has 124 valence electrons. The molecule has 5 nitrogen and oxygen atoms in total. The smallest absolute Gasteiger partial charge is 0.282 e. The summed E-state index contributed by atoms with van der Waals surface area (Å²) in [5.41, 5.74) is 2.77. The Labute approximate surface area is 143 Å². The van der Waals surface area contributed by atoms with Gasteiger partial charge in [0.05, 0.1) is 11.2 Å². The lowest BCUT2D eigenvalue weighted by molar-refractivity contribution is 0.637. The van der Waals surface area contributed by atoms with E-state index in [1.54, 1.807) is 10.7 Å². The van der Waals surface area contributed by atoms with Gasteiger partial charge in [0, 0.05) is 29.6 Å². The van der Waals surface area contributed by atoms with Gasteiger partial charge in [0.1, 0.15) is 5.39 Å². The summed E-state index contributed by atoms with van der Waals surface area (Å²) in [4.78, 5) is 29.5. The van der Waals surface area contributed by atoms with Crippen molar-refractivity contribution < 1.29 is 0 Å². The number of hydrogen-bond donors (Lipinski definition) is 1. The second-order valence-electron chi connectivity index (χ2n) is 6.58. The van der Waals surface area contributed by atoms with E-state index in [1.807, 2.05) is 42.5 Å². The van der Waals surface area contributed by atoms with Crippen molar-refractivity contribution in [1.29, 1.82) is 0 Å². The molecule has 1 aliphatic heterocycles. The number of aromatic nitrogens is 2. The number of H-pyrrole nitrogens is 1. The average molecular weight is 331 g/mol. The standard InChI is InChI=1S/C20H17N3O2/c24-19-14-8-1-2-9-15(14)21-16-12-17(13-6-5-7-13)23(20(25)18(16)19)22-10-3-4-11-22/h1-2,5-9,12H,3-4,10-11H2,(H,21,24). The maximum Gasteiger partial charge on any atom is 0.282 e. The van der Waals surface area contributed by atoms with E-state index in [4.69, 9.17) is 0 Å². The van der Waals surface area contributed by atoms with Crippen molar-refractivity contribution in [2.24, 2.45) is 0 Å². The van der Waals surface area contributed by atoms with Gasteiger partial charge in [0.15, 0.2) is 0 Å². The molecular weight excluding hydrogens is 314 g/mol. The largest absolute Gasteiger partial charge is 0.354 e. The molecular formula is C20H17N3O2. The van der Waals surface area contributed by atoms with Gasteiger partial charge in [-0.15, -0.1) is 0 Å². The Morgan fingerprint density at radius 3 is 2.48 bits per heavy atom. The van der Waals surface area contributed by atoms with Crippen LogP contribution < -0.4 is 16.0 Å². The number of rotatable bonds is 2. The molecule has 3 heterocycles. The van der Waals surface area contributed by atoms with Gasteiger partial charge in [-0.25, -0.2) is 4.68 Å². The van der Waals surface area contributed by atoms with Crippen LogP contribution in [0.3, 0.4) is 0 Å². The van der Waals surface area contributed by atoms with Crippen molar-refractivity contribution in [3.8, 4) is 0 Å². The first-order valence-electron chi connectivity index (χ1n) is 8.59. The van der Waals surface area contributed by atoms with Crippen molar-refractivity contribution >= 4 is 27.4 Å². The Bertz CT molecular complexity index is 1190. The van der Waals surface area contributed by atoms with Gasteiger partial charge < -0.3 is 9.99 Å². The van der Waals surface area contributed by atoms with Gasteiger partial charge in [0.25, 0.3) is 5.56 Å². The minimum absolute atomic E-state index is 0.202. The lowest BCUT2D eigenvalue weighted by atomic mass is 10.0. The molecule has 5 rings (SSSR count). The third-order valence-electron chi connectivity index (χ3n) is 5.07. The van der Waals surface area contributed by atoms with Crippen LogP contribution in [0.5, 0.6) is 0 Å². The average Bonchev–Trinajstić information content (AvgIpc) is 3.07. The fraction of sp³-hybridized carbons (Fsp3) is 0.200. The third kappa shape index (κ3) is 2.02. The van der Waals surface area contributed by atoms with Crippen LogP contribution in [0.25, 0.3) is 27.4 Å². The fourth-order valence-electron chi connectivity index (χ4n) is 3.74. The van der Waals surface area contributed by atoms with Crippen LogP contribution in [-0.2, 0) is 0 Å². The first-order chi connectivity index (χ1) is 12.2. The van der Waals surface area contributed by atoms with E-state index in [2.05, 4.69) is 9.99 Å². The first kappa shape index (κ1) is 14.3. The third-order valence-corrected chi connectivity index (χ3v) is 5.07. The second-order valence-corrected chi connectivity index (χ2v) is 6.58. The van der Waals surface area contributed by atoms with Crippen LogP contribution in [0, 0.1) is 0 Å². The number of aromatic amines is 1. The Kier molecular flexibility index (Phi) is 2.98. The number of pyridine rings is 2. The van der Waals surface area contributed by atoms with E-state index in [0.29, 0.717) is 10.9 Å². The zero-order valence-electron chi connectivity index (χ0n) is 13.7. The van der Waals surface area contributed by atoms with E-state index in [-0.39, 0.29) is 16.4 Å². The lowest BCUT2D eigenvalue weighted by Crippen LogP contribution is -2.43. The molecule has 3 aromatic rings. The topological polar surface area (TPSA) is 58.1 Å². The monoisotopic (exact) mass is 331 g/mol. The minimum Gasteiger partial charge on any atom is -0.354 e. The molecule has 2 aliphatic rings. The number of allylic oxidation sites excluding steroid dienone is 4. The van der Waals surface area contributed by atoms with Crippen LogP contribution in [0.1, 0.15) is 18.5 Å². The van der Waals surface area contributed by atoms with Gasteiger partial charge in [-0.3, -0.25) is 9.59 Å². The molecule has 0 amide bonds. The summed E-state index contributed by atoms with van der Waals surface area (Å²) in [6.07, 6.45) is 8.07. The van der Waals surface area contributed by atoms with Crippen molar-refractivity contribution in [2.75, 3.05) is 18.1 Å². The van der Waals surface area contributed by atoms with Gasteiger partial charge in [-0.1, -0.05) is 30.4 Å². The number of fused-ring (bicyclic) bond motifs is 2. The molecule has 0 unspecified atom stereocenters. The molecule has 1 aliphatic carbocycles. The maximum atomic E-state index is 13.3. The van der Waals surface area contributed by atoms with Crippen molar-refractivity contribution in [3.05, 3.63) is 74.8 Å². The summed E-state index contributed by atoms with van der Waals surface area (Å²) in [7, 11) is 0. The summed E-state index contributed by atoms with van der Waals surface area (Å²) in [5, 5.41) is 2.84. The number of hydrogen-bond acceptors (Lipinski definition) is 3. The summed E-state index contributed by atoms with van der Waals surface area (Å²) in [5.74, 6) is 0. The number of nitrogens with one attached hydrogen (secondary N) is 1. The van der Waals surface area contributed by atoms with Gasteiger partial charge in [-0.05, 0) is 31.0 Å². The predicted molar refractivity (Wildman–Crippen MR) is 101 cm³/mol. The van der Waals surface area contributed by atoms with Crippen LogP contribution in [0.2, 0.25) is 0 Å². The molecule has 1 fully saturated rings. The molecule has 5 heteroatoms. The highest BCUT2D eigenvalue weighted by Gasteiger charge is 2.22. The quantitative estimate of drug-likeness (QED) is 0.734. The Morgan fingerprint density at radius 1 is 1.00 bits per heavy atom. The molecule has 25 heavy (non-hydrogen) atoms. The van der Waals surface area contributed by atoms with Crippen LogP contribution in [0.15, 0.2) is 58.1 Å². The molecule has 0 saturated carbocycles. The van der Waals surface area contributed by atoms with Gasteiger partial charge in [-0.2, -0.15) is 0 Å². The van der Waals surface area contributed by atoms with Crippen LogP contribution in [-0.4, -0.2) is 22.7 Å². The summed E-state index contributed by atoms with van der Waals surface area (Å²) in [6.45, 7) is 1.67. The highest BCUT2D eigenvalue weighted by molar-refractivity contribution is 5.94. The summed E-state index contributed by atoms with van der Waals surface area (Å²) < 4.78 is 1.70. The Morgan fingerprint density at radius 2 is 1.76 bits per heavy atom. The van der Waals surface area contributed by atoms with Crippen LogP contribution >= 0.6 is 0 Å². The predicted octanol–water partition coefficient (Wildman–Crippen LogP) is 2.53. The molecule has 1 aromatic carbocycles. The van der Waals surface area contributed by atoms with E-state index in [0.717, 1.165) is 42.7 Å². The number of nitrogens with zero attached hydrogens (tertiary/aromatic N) is 2. The molecule has 0 radical (unpaired) electrons. The molecule has 0 bridgehead atoms. The van der Waals surface area contributed by atoms with E-state index >= 15 is 0 Å². The second kappa shape index (κ2) is 5.21. The van der Waals surface area contributed by atoms with Crippen molar-refractivity contribution in [2.45, 2.75) is 12.8 Å². The molecule has 1 N–H and O–H groups in total. The number of para-hydroxylation sites is 1. The van der Waals surface area contributed by atoms with Crippen LogP contribution in [0.4, 0.5) is 0 Å². The maximum absolute atomic E-state index is 13.3. The Hall–Kier alpha value is -3.08. The summed E-state index contributed by atoms with van der Waals surface area (Å²) >= 11 is 0. The molecule has 1 saturated heterocycles.